The molecule has 0 aliphatic carbocycles. The molecule has 0 fully saturated rings. The van der Waals surface area contributed by atoms with Crippen LogP contribution in [0.3, 0.4) is 0 Å². The van der Waals surface area contributed by atoms with Gasteiger partial charge in [0.2, 0.25) is 10.0 Å². The van der Waals surface area contributed by atoms with E-state index in [4.69, 9.17) is 10.2 Å². The molecule has 92 valence electrons. The Bertz CT molecular complexity index is 476. The highest BCUT2D eigenvalue weighted by Gasteiger charge is 2.28. The first-order valence-electron chi connectivity index (χ1n) is 5.11. The number of hydrogen-bond acceptors (Lipinski definition) is 4. The summed E-state index contributed by atoms with van der Waals surface area (Å²) >= 11 is 0. The van der Waals surface area contributed by atoms with E-state index in [1.54, 1.807) is 20.8 Å². The number of rotatable bonds is 4. The Morgan fingerprint density at radius 1 is 1.31 bits per heavy atom. The van der Waals surface area contributed by atoms with Crippen LogP contribution in [0.15, 0.2) is 9.31 Å². The van der Waals surface area contributed by atoms with Gasteiger partial charge in [-0.25, -0.2) is 12.7 Å². The lowest BCUT2D eigenvalue weighted by atomic mass is 10.2. The molecule has 0 unspecified atom stereocenters. The Hall–Kier alpha value is -0.850. The van der Waals surface area contributed by atoms with E-state index in [2.05, 4.69) is 0 Å². The van der Waals surface area contributed by atoms with E-state index >= 15 is 0 Å². The fraction of sp³-hybridized carbons (Fsp3) is 0.600. The van der Waals surface area contributed by atoms with Crippen molar-refractivity contribution < 1.29 is 12.8 Å². The van der Waals surface area contributed by atoms with E-state index in [1.165, 1.54) is 11.4 Å². The van der Waals surface area contributed by atoms with E-state index < -0.39 is 10.0 Å². The molecule has 6 heteroatoms. The number of sulfonamides is 1. The first-order valence-corrected chi connectivity index (χ1v) is 6.55. The molecule has 0 saturated carbocycles. The van der Waals surface area contributed by atoms with Gasteiger partial charge in [-0.1, -0.05) is 6.92 Å². The van der Waals surface area contributed by atoms with Gasteiger partial charge in [-0.05, 0) is 13.8 Å². The fourth-order valence-corrected chi connectivity index (χ4v) is 3.20. The molecule has 0 aliphatic heterocycles. The monoisotopic (exact) mass is 246 g/mol. The molecule has 0 aromatic carbocycles. The standard InChI is InChI=1S/C10H18N2O3S/c1-5-12(4)16(13,14)10-8(3)15-7(2)9(10)6-11/h5-6,11H2,1-4H3. The molecule has 0 bridgehead atoms. The Morgan fingerprint density at radius 3 is 2.31 bits per heavy atom. The Labute approximate surface area is 96.3 Å². The SMILES string of the molecule is CCN(C)S(=O)(=O)c1c(C)oc(C)c1CN. The van der Waals surface area contributed by atoms with Crippen LogP contribution in [0.25, 0.3) is 0 Å². The van der Waals surface area contributed by atoms with Gasteiger partial charge in [-0.2, -0.15) is 0 Å². The summed E-state index contributed by atoms with van der Waals surface area (Å²) in [5.74, 6) is 0.973. The molecule has 5 nitrogen and oxygen atoms in total. The Morgan fingerprint density at radius 2 is 1.88 bits per heavy atom. The van der Waals surface area contributed by atoms with Crippen molar-refractivity contribution in [3.63, 3.8) is 0 Å². The van der Waals surface area contributed by atoms with E-state index in [1.807, 2.05) is 0 Å². The van der Waals surface area contributed by atoms with E-state index in [9.17, 15) is 8.42 Å². The molecule has 2 N–H and O–H groups in total. The van der Waals surface area contributed by atoms with Crippen LogP contribution in [-0.4, -0.2) is 26.3 Å². The molecule has 1 heterocycles. The van der Waals surface area contributed by atoms with Gasteiger partial charge in [0.25, 0.3) is 0 Å². The molecular formula is C10H18N2O3S. The first-order chi connectivity index (χ1) is 7.36. The highest BCUT2D eigenvalue weighted by molar-refractivity contribution is 7.89. The van der Waals surface area contributed by atoms with E-state index in [-0.39, 0.29) is 11.4 Å². The summed E-state index contributed by atoms with van der Waals surface area (Å²) in [7, 11) is -1.94. The summed E-state index contributed by atoms with van der Waals surface area (Å²) in [4.78, 5) is 0.219. The smallest absolute Gasteiger partial charge is 0.246 e. The second-order valence-electron chi connectivity index (χ2n) is 3.65. The summed E-state index contributed by atoms with van der Waals surface area (Å²) in [6, 6.07) is 0. The minimum atomic E-state index is -3.48. The van der Waals surface area contributed by atoms with Crippen molar-refractivity contribution in [2.24, 2.45) is 5.73 Å². The number of hydrogen-bond donors (Lipinski definition) is 1. The lowest BCUT2D eigenvalue weighted by Crippen LogP contribution is -2.27. The zero-order valence-corrected chi connectivity index (χ0v) is 10.9. The topological polar surface area (TPSA) is 76.5 Å². The fourth-order valence-electron chi connectivity index (χ4n) is 1.61. The largest absolute Gasteiger partial charge is 0.465 e. The molecule has 0 spiro atoms. The summed E-state index contributed by atoms with van der Waals surface area (Å²) < 4.78 is 31.0. The molecule has 0 amide bonds. The average molecular weight is 246 g/mol. The van der Waals surface area contributed by atoms with Gasteiger partial charge in [0.15, 0.2) is 0 Å². The van der Waals surface area contributed by atoms with Crippen LogP contribution < -0.4 is 5.73 Å². The van der Waals surface area contributed by atoms with Crippen LogP contribution in [0.4, 0.5) is 0 Å². The van der Waals surface area contributed by atoms with Crippen molar-refractivity contribution in [1.29, 1.82) is 0 Å². The molecule has 0 saturated heterocycles. The van der Waals surface area contributed by atoms with E-state index in [0.717, 1.165) is 0 Å². The second kappa shape index (κ2) is 4.57. The molecule has 1 aromatic heterocycles. The zero-order valence-electron chi connectivity index (χ0n) is 10.1. The minimum absolute atomic E-state index is 0.162. The van der Waals surface area contributed by atoms with Gasteiger partial charge in [0.1, 0.15) is 16.4 Å². The molecule has 1 aromatic rings. The summed E-state index contributed by atoms with van der Waals surface area (Å²) in [6.07, 6.45) is 0. The van der Waals surface area contributed by atoms with Crippen molar-refractivity contribution in [1.82, 2.24) is 4.31 Å². The third-order valence-electron chi connectivity index (χ3n) is 2.64. The van der Waals surface area contributed by atoms with Gasteiger partial charge < -0.3 is 10.2 Å². The van der Waals surface area contributed by atoms with Crippen molar-refractivity contribution >= 4 is 10.0 Å². The normalized spacial score (nSPS) is 12.4. The highest BCUT2D eigenvalue weighted by Crippen LogP contribution is 2.28. The summed E-state index contributed by atoms with van der Waals surface area (Å²) in [5.41, 5.74) is 6.13. The van der Waals surface area contributed by atoms with Crippen LogP contribution in [0, 0.1) is 13.8 Å². The van der Waals surface area contributed by atoms with Crippen LogP contribution in [0.5, 0.6) is 0 Å². The summed E-state index contributed by atoms with van der Waals surface area (Å²) in [5, 5.41) is 0. The molecule has 1 rings (SSSR count). The van der Waals surface area contributed by atoms with Crippen LogP contribution in [-0.2, 0) is 16.6 Å². The van der Waals surface area contributed by atoms with Crippen LogP contribution in [0.2, 0.25) is 0 Å². The van der Waals surface area contributed by atoms with Crippen LogP contribution in [0.1, 0.15) is 24.0 Å². The maximum Gasteiger partial charge on any atom is 0.246 e. The minimum Gasteiger partial charge on any atom is -0.465 e. The number of nitrogens with two attached hydrogens (primary N) is 1. The summed E-state index contributed by atoms with van der Waals surface area (Å²) in [6.45, 7) is 5.72. The Balaban J connectivity index is 3.44. The van der Waals surface area contributed by atoms with Crippen molar-refractivity contribution in [2.45, 2.75) is 32.2 Å². The van der Waals surface area contributed by atoms with Gasteiger partial charge in [0, 0.05) is 25.7 Å². The maximum atomic E-state index is 12.2. The number of furan rings is 1. The highest BCUT2D eigenvalue weighted by atomic mass is 32.2. The van der Waals surface area contributed by atoms with Gasteiger partial charge >= 0.3 is 0 Å². The molecule has 0 atom stereocenters. The average Bonchev–Trinajstić information content (AvgIpc) is 2.51. The lowest BCUT2D eigenvalue weighted by molar-refractivity contribution is 0.474. The zero-order chi connectivity index (χ0) is 12.5. The van der Waals surface area contributed by atoms with Crippen molar-refractivity contribution in [2.75, 3.05) is 13.6 Å². The second-order valence-corrected chi connectivity index (χ2v) is 5.63. The lowest BCUT2D eigenvalue weighted by Gasteiger charge is -2.15. The van der Waals surface area contributed by atoms with Crippen molar-refractivity contribution in [3.05, 3.63) is 17.1 Å². The molecule has 0 aliphatic rings. The van der Waals surface area contributed by atoms with Crippen molar-refractivity contribution in [3.8, 4) is 0 Å². The third kappa shape index (κ3) is 2.00. The predicted octanol–water partition coefficient (Wildman–Crippen LogP) is 0.996. The Kier molecular flexibility index (Phi) is 3.77. The van der Waals surface area contributed by atoms with Gasteiger partial charge in [-0.3, -0.25) is 0 Å². The van der Waals surface area contributed by atoms with Gasteiger partial charge in [0.05, 0.1) is 0 Å². The number of nitrogens with zero attached hydrogens (tertiary/aromatic N) is 1. The van der Waals surface area contributed by atoms with Gasteiger partial charge in [-0.15, -0.1) is 0 Å². The molecule has 0 radical (unpaired) electrons. The van der Waals surface area contributed by atoms with Crippen LogP contribution >= 0.6 is 0 Å². The van der Waals surface area contributed by atoms with E-state index in [0.29, 0.717) is 23.6 Å². The first kappa shape index (κ1) is 13.2. The molecule has 16 heavy (non-hydrogen) atoms. The molecular weight excluding hydrogens is 228 g/mol. The quantitative estimate of drug-likeness (QED) is 0.859. The predicted molar refractivity (Wildman–Crippen MR) is 61.6 cm³/mol. The number of aryl methyl sites for hydroxylation is 2. The maximum absolute atomic E-state index is 12.2. The third-order valence-corrected chi connectivity index (χ3v) is 4.77.